The standard InChI is InChI=1S/C13H11BrFN3O/c1-16-8-5-6-17-11(7-8)13(19)18-12-9(14)3-2-4-10(12)15/h2-7H,1H3,(H,16,17)(H,18,19). The van der Waals surface area contributed by atoms with E-state index in [4.69, 9.17) is 0 Å². The Kier molecular flexibility index (Phi) is 4.11. The Labute approximate surface area is 118 Å². The van der Waals surface area contributed by atoms with Crippen LogP contribution < -0.4 is 10.6 Å². The van der Waals surface area contributed by atoms with Crippen molar-refractivity contribution >= 4 is 33.2 Å². The van der Waals surface area contributed by atoms with E-state index in [0.717, 1.165) is 5.69 Å². The molecular formula is C13H11BrFN3O. The third-order valence-electron chi connectivity index (χ3n) is 2.48. The van der Waals surface area contributed by atoms with Crippen LogP contribution in [0.3, 0.4) is 0 Å². The number of amides is 1. The summed E-state index contributed by atoms with van der Waals surface area (Å²) in [7, 11) is 1.74. The zero-order valence-corrected chi connectivity index (χ0v) is 11.7. The molecule has 2 N–H and O–H groups in total. The van der Waals surface area contributed by atoms with Gasteiger partial charge >= 0.3 is 0 Å². The van der Waals surface area contributed by atoms with Crippen molar-refractivity contribution in [3.8, 4) is 0 Å². The molecule has 0 bridgehead atoms. The van der Waals surface area contributed by atoms with Gasteiger partial charge in [-0.05, 0) is 40.2 Å². The monoisotopic (exact) mass is 323 g/mol. The summed E-state index contributed by atoms with van der Waals surface area (Å²) in [6, 6.07) is 7.79. The number of aromatic nitrogens is 1. The summed E-state index contributed by atoms with van der Waals surface area (Å²) in [5, 5.41) is 5.40. The molecule has 0 aliphatic rings. The van der Waals surface area contributed by atoms with Crippen LogP contribution in [0, 0.1) is 5.82 Å². The van der Waals surface area contributed by atoms with Gasteiger partial charge in [0, 0.05) is 23.4 Å². The third-order valence-corrected chi connectivity index (χ3v) is 3.14. The van der Waals surface area contributed by atoms with Crippen LogP contribution in [0.15, 0.2) is 41.0 Å². The zero-order chi connectivity index (χ0) is 13.8. The third kappa shape index (κ3) is 3.08. The lowest BCUT2D eigenvalue weighted by Gasteiger charge is -2.08. The molecule has 1 heterocycles. The highest BCUT2D eigenvalue weighted by molar-refractivity contribution is 9.10. The maximum Gasteiger partial charge on any atom is 0.274 e. The van der Waals surface area contributed by atoms with Gasteiger partial charge < -0.3 is 10.6 Å². The first kappa shape index (κ1) is 13.5. The number of pyridine rings is 1. The number of hydrogen-bond acceptors (Lipinski definition) is 3. The highest BCUT2D eigenvalue weighted by Crippen LogP contribution is 2.25. The minimum Gasteiger partial charge on any atom is -0.388 e. The van der Waals surface area contributed by atoms with Crippen LogP contribution >= 0.6 is 15.9 Å². The van der Waals surface area contributed by atoms with Gasteiger partial charge in [0.25, 0.3) is 5.91 Å². The van der Waals surface area contributed by atoms with Crippen molar-refractivity contribution < 1.29 is 9.18 Å². The molecule has 0 fully saturated rings. The second kappa shape index (κ2) is 5.79. The van der Waals surface area contributed by atoms with E-state index in [2.05, 4.69) is 31.5 Å². The SMILES string of the molecule is CNc1ccnc(C(=O)Nc2c(F)cccc2Br)c1. The molecule has 1 aromatic heterocycles. The zero-order valence-electron chi connectivity index (χ0n) is 10.1. The summed E-state index contributed by atoms with van der Waals surface area (Å²) in [6.07, 6.45) is 1.51. The lowest BCUT2D eigenvalue weighted by Crippen LogP contribution is -2.15. The van der Waals surface area contributed by atoms with E-state index in [9.17, 15) is 9.18 Å². The predicted molar refractivity (Wildman–Crippen MR) is 75.8 cm³/mol. The van der Waals surface area contributed by atoms with Crippen LogP contribution in [0.5, 0.6) is 0 Å². The largest absolute Gasteiger partial charge is 0.388 e. The maximum atomic E-state index is 13.6. The van der Waals surface area contributed by atoms with Crippen molar-refractivity contribution in [3.05, 3.63) is 52.5 Å². The van der Waals surface area contributed by atoms with Gasteiger partial charge in [-0.15, -0.1) is 0 Å². The fourth-order valence-corrected chi connectivity index (χ4v) is 1.95. The predicted octanol–water partition coefficient (Wildman–Crippen LogP) is 3.28. The van der Waals surface area contributed by atoms with Gasteiger partial charge in [0.2, 0.25) is 0 Å². The lowest BCUT2D eigenvalue weighted by molar-refractivity contribution is 0.102. The summed E-state index contributed by atoms with van der Waals surface area (Å²) < 4.78 is 14.1. The smallest absolute Gasteiger partial charge is 0.274 e. The summed E-state index contributed by atoms with van der Waals surface area (Å²) in [5.74, 6) is -0.976. The van der Waals surface area contributed by atoms with Gasteiger partial charge in [-0.3, -0.25) is 9.78 Å². The van der Waals surface area contributed by atoms with Gasteiger partial charge in [-0.2, -0.15) is 0 Å². The van der Waals surface area contributed by atoms with Gasteiger partial charge in [0.15, 0.2) is 0 Å². The molecule has 0 aliphatic carbocycles. The van der Waals surface area contributed by atoms with Gasteiger partial charge in [-0.25, -0.2) is 4.39 Å². The number of nitrogens with one attached hydrogen (secondary N) is 2. The quantitative estimate of drug-likeness (QED) is 0.911. The van der Waals surface area contributed by atoms with Gasteiger partial charge in [0.1, 0.15) is 11.5 Å². The molecule has 0 atom stereocenters. The second-order valence-electron chi connectivity index (χ2n) is 3.73. The highest BCUT2D eigenvalue weighted by Gasteiger charge is 2.13. The Balaban J connectivity index is 2.25. The number of rotatable bonds is 3. The minimum atomic E-state index is -0.507. The molecule has 2 aromatic rings. The Bertz CT molecular complexity index is 598. The number of hydrogen-bond donors (Lipinski definition) is 2. The molecule has 0 radical (unpaired) electrons. The van der Waals surface area contributed by atoms with Crippen molar-refractivity contribution in [1.82, 2.24) is 4.98 Å². The molecule has 2 rings (SSSR count). The topological polar surface area (TPSA) is 54.0 Å². The van der Waals surface area contributed by atoms with E-state index in [1.54, 1.807) is 31.3 Å². The number of anilines is 2. The molecule has 0 saturated heterocycles. The first-order valence-electron chi connectivity index (χ1n) is 5.51. The fourth-order valence-electron chi connectivity index (χ4n) is 1.51. The first-order chi connectivity index (χ1) is 9.11. The number of benzene rings is 1. The van der Waals surface area contributed by atoms with Crippen LogP contribution in [0.1, 0.15) is 10.5 Å². The van der Waals surface area contributed by atoms with Gasteiger partial charge in [0.05, 0.1) is 5.69 Å². The van der Waals surface area contributed by atoms with Crippen LogP contribution in [-0.2, 0) is 0 Å². The van der Waals surface area contributed by atoms with E-state index in [0.29, 0.717) is 4.47 Å². The molecular weight excluding hydrogens is 313 g/mol. The first-order valence-corrected chi connectivity index (χ1v) is 6.30. The number of para-hydroxylation sites is 1. The number of carbonyl (C=O) groups excluding carboxylic acids is 1. The maximum absolute atomic E-state index is 13.6. The van der Waals surface area contributed by atoms with E-state index >= 15 is 0 Å². The lowest BCUT2D eigenvalue weighted by atomic mass is 10.2. The molecule has 19 heavy (non-hydrogen) atoms. The Morgan fingerprint density at radius 1 is 1.37 bits per heavy atom. The average Bonchev–Trinajstić information content (AvgIpc) is 2.43. The Hall–Kier alpha value is -1.95. The number of carbonyl (C=O) groups is 1. The van der Waals surface area contributed by atoms with E-state index < -0.39 is 11.7 Å². The molecule has 0 unspecified atom stereocenters. The summed E-state index contributed by atoms with van der Waals surface area (Å²) in [4.78, 5) is 16.0. The summed E-state index contributed by atoms with van der Waals surface area (Å²) >= 11 is 3.19. The average molecular weight is 324 g/mol. The molecule has 1 amide bonds. The van der Waals surface area contributed by atoms with E-state index in [1.807, 2.05) is 0 Å². The molecule has 0 saturated carbocycles. The van der Waals surface area contributed by atoms with E-state index in [1.165, 1.54) is 12.3 Å². The Morgan fingerprint density at radius 3 is 2.84 bits per heavy atom. The van der Waals surface area contributed by atoms with Crippen LogP contribution in [-0.4, -0.2) is 17.9 Å². The molecule has 98 valence electrons. The second-order valence-corrected chi connectivity index (χ2v) is 4.58. The summed E-state index contributed by atoms with van der Waals surface area (Å²) in [5.41, 5.74) is 1.07. The van der Waals surface area contributed by atoms with Crippen LogP contribution in [0.25, 0.3) is 0 Å². The molecule has 0 spiro atoms. The molecule has 0 aliphatic heterocycles. The summed E-state index contributed by atoms with van der Waals surface area (Å²) in [6.45, 7) is 0. The molecule has 6 heteroatoms. The number of nitrogens with zero attached hydrogens (tertiary/aromatic N) is 1. The van der Waals surface area contributed by atoms with Gasteiger partial charge in [-0.1, -0.05) is 6.07 Å². The van der Waals surface area contributed by atoms with Crippen LogP contribution in [0.4, 0.5) is 15.8 Å². The highest BCUT2D eigenvalue weighted by atomic mass is 79.9. The van der Waals surface area contributed by atoms with E-state index in [-0.39, 0.29) is 11.4 Å². The van der Waals surface area contributed by atoms with Crippen LogP contribution in [0.2, 0.25) is 0 Å². The fraction of sp³-hybridized carbons (Fsp3) is 0.0769. The van der Waals surface area contributed by atoms with Crippen molar-refractivity contribution in [1.29, 1.82) is 0 Å². The minimum absolute atomic E-state index is 0.101. The van der Waals surface area contributed by atoms with Crippen molar-refractivity contribution in [2.45, 2.75) is 0 Å². The van der Waals surface area contributed by atoms with Crippen molar-refractivity contribution in [2.75, 3.05) is 17.7 Å². The van der Waals surface area contributed by atoms with Crippen molar-refractivity contribution in [3.63, 3.8) is 0 Å². The normalized spacial score (nSPS) is 10.1. The molecule has 4 nitrogen and oxygen atoms in total. The molecule has 1 aromatic carbocycles. The number of halogens is 2. The van der Waals surface area contributed by atoms with Crippen molar-refractivity contribution in [2.24, 2.45) is 0 Å². The Morgan fingerprint density at radius 2 is 2.16 bits per heavy atom.